The second-order valence-corrected chi connectivity index (χ2v) is 3.49. The summed E-state index contributed by atoms with van der Waals surface area (Å²) in [6, 6.07) is 7.05. The van der Waals surface area contributed by atoms with Gasteiger partial charge in [-0.3, -0.25) is 0 Å². The van der Waals surface area contributed by atoms with E-state index in [1.54, 1.807) is 31.4 Å². The summed E-state index contributed by atoms with van der Waals surface area (Å²) in [5.41, 5.74) is 11.7. The molecule has 18 heavy (non-hydrogen) atoms. The topological polar surface area (TPSA) is 116 Å². The van der Waals surface area contributed by atoms with Gasteiger partial charge in [-0.05, 0) is 29.4 Å². The van der Waals surface area contributed by atoms with Crippen LogP contribution < -0.4 is 16.2 Å². The summed E-state index contributed by atoms with van der Waals surface area (Å²) in [5.74, 6) is 0.970. The number of benzene rings is 1. The van der Waals surface area contributed by atoms with Crippen LogP contribution >= 0.6 is 0 Å². The van der Waals surface area contributed by atoms with E-state index < -0.39 is 0 Å². The van der Waals surface area contributed by atoms with Gasteiger partial charge in [0.2, 0.25) is 0 Å². The standard InChI is InChI=1S/C11H11N5O2/c1-18-7-4-2-6(3-5-7)11-14-9(12)8(16-17)10(13)15-11/h2-5H,1H3,(H4,12,13,14,15). The Balaban J connectivity index is 2.47. The summed E-state index contributed by atoms with van der Waals surface area (Å²) in [7, 11) is 1.58. The third-order valence-electron chi connectivity index (χ3n) is 2.38. The fourth-order valence-electron chi connectivity index (χ4n) is 1.45. The van der Waals surface area contributed by atoms with Gasteiger partial charge in [0, 0.05) is 5.56 Å². The van der Waals surface area contributed by atoms with E-state index in [0.29, 0.717) is 17.1 Å². The minimum absolute atomic E-state index is 0.0386. The predicted octanol–water partition coefficient (Wildman–Crippen LogP) is 1.71. The van der Waals surface area contributed by atoms with Crippen molar-refractivity contribution in [3.63, 3.8) is 0 Å². The van der Waals surface area contributed by atoms with Crippen molar-refractivity contribution in [2.24, 2.45) is 5.18 Å². The van der Waals surface area contributed by atoms with E-state index in [4.69, 9.17) is 16.2 Å². The summed E-state index contributed by atoms with van der Waals surface area (Å²) in [4.78, 5) is 18.4. The third kappa shape index (κ3) is 2.05. The van der Waals surface area contributed by atoms with E-state index in [0.717, 1.165) is 0 Å². The van der Waals surface area contributed by atoms with Gasteiger partial charge in [0.05, 0.1) is 7.11 Å². The first-order chi connectivity index (χ1) is 8.65. The Morgan fingerprint density at radius 2 is 1.67 bits per heavy atom. The van der Waals surface area contributed by atoms with Gasteiger partial charge in [0.1, 0.15) is 5.75 Å². The molecule has 92 valence electrons. The van der Waals surface area contributed by atoms with E-state index in [1.165, 1.54) is 0 Å². The number of rotatable bonds is 3. The molecule has 7 nitrogen and oxygen atoms in total. The van der Waals surface area contributed by atoms with Crippen molar-refractivity contribution < 1.29 is 4.74 Å². The predicted molar refractivity (Wildman–Crippen MR) is 68.3 cm³/mol. The number of ether oxygens (including phenoxy) is 1. The van der Waals surface area contributed by atoms with Crippen LogP contribution in [0, 0.1) is 4.91 Å². The maximum Gasteiger partial charge on any atom is 0.192 e. The Bertz CT molecular complexity index is 559. The minimum atomic E-state index is -0.132. The van der Waals surface area contributed by atoms with E-state index in [1.807, 2.05) is 0 Å². The number of nitrogens with two attached hydrogens (primary N) is 2. The van der Waals surface area contributed by atoms with E-state index in [2.05, 4.69) is 15.1 Å². The molecule has 0 saturated carbocycles. The Morgan fingerprint density at radius 1 is 1.11 bits per heavy atom. The fraction of sp³-hybridized carbons (Fsp3) is 0.0909. The monoisotopic (exact) mass is 245 g/mol. The Hall–Kier alpha value is -2.70. The first-order valence-electron chi connectivity index (χ1n) is 5.06. The molecule has 0 atom stereocenters. The zero-order valence-corrected chi connectivity index (χ0v) is 9.62. The third-order valence-corrected chi connectivity index (χ3v) is 2.38. The van der Waals surface area contributed by atoms with Gasteiger partial charge >= 0.3 is 0 Å². The normalized spacial score (nSPS) is 10.1. The van der Waals surface area contributed by atoms with Crippen molar-refractivity contribution in [3.8, 4) is 17.1 Å². The van der Waals surface area contributed by atoms with Crippen molar-refractivity contribution in [2.45, 2.75) is 0 Å². The highest BCUT2D eigenvalue weighted by Crippen LogP contribution is 2.29. The summed E-state index contributed by atoms with van der Waals surface area (Å²) >= 11 is 0. The molecule has 0 unspecified atom stereocenters. The zero-order valence-electron chi connectivity index (χ0n) is 9.62. The van der Waals surface area contributed by atoms with Gasteiger partial charge in [0.15, 0.2) is 23.1 Å². The lowest BCUT2D eigenvalue weighted by Crippen LogP contribution is -2.01. The summed E-state index contributed by atoms with van der Waals surface area (Å²) in [6.45, 7) is 0. The van der Waals surface area contributed by atoms with Crippen LogP contribution in [0.2, 0.25) is 0 Å². The van der Waals surface area contributed by atoms with Crippen molar-refractivity contribution in [3.05, 3.63) is 29.2 Å². The second-order valence-electron chi connectivity index (χ2n) is 3.49. The van der Waals surface area contributed by atoms with E-state index >= 15 is 0 Å². The number of aromatic nitrogens is 2. The zero-order chi connectivity index (χ0) is 13.1. The number of hydrogen-bond donors (Lipinski definition) is 2. The highest BCUT2D eigenvalue weighted by atomic mass is 16.5. The molecule has 0 saturated heterocycles. The molecule has 0 bridgehead atoms. The first-order valence-corrected chi connectivity index (χ1v) is 5.06. The van der Waals surface area contributed by atoms with Crippen LogP contribution in [0.25, 0.3) is 11.4 Å². The molecule has 1 aromatic carbocycles. The van der Waals surface area contributed by atoms with Crippen LogP contribution in [-0.4, -0.2) is 17.1 Å². The molecular formula is C11H11N5O2. The van der Waals surface area contributed by atoms with Gasteiger partial charge in [-0.25, -0.2) is 9.97 Å². The molecule has 2 rings (SSSR count). The van der Waals surface area contributed by atoms with Crippen LogP contribution in [0.15, 0.2) is 29.4 Å². The molecule has 0 aliphatic rings. The second kappa shape index (κ2) is 4.66. The molecule has 0 radical (unpaired) electrons. The molecule has 0 fully saturated rings. The van der Waals surface area contributed by atoms with Crippen LogP contribution in [0.5, 0.6) is 5.75 Å². The molecule has 0 aliphatic heterocycles. The van der Waals surface area contributed by atoms with Gasteiger partial charge in [-0.15, -0.1) is 4.91 Å². The van der Waals surface area contributed by atoms with Crippen molar-refractivity contribution in [2.75, 3.05) is 18.6 Å². The SMILES string of the molecule is COc1ccc(-c2nc(N)c(N=O)c(N)n2)cc1. The number of methoxy groups -OCH3 is 1. The highest BCUT2D eigenvalue weighted by molar-refractivity contribution is 5.73. The molecule has 0 spiro atoms. The van der Waals surface area contributed by atoms with Gasteiger partial charge in [0.25, 0.3) is 0 Å². The highest BCUT2D eigenvalue weighted by Gasteiger charge is 2.11. The van der Waals surface area contributed by atoms with Crippen LogP contribution in [0.4, 0.5) is 17.3 Å². The molecule has 0 amide bonds. The Kier molecular flexibility index (Phi) is 3.05. The van der Waals surface area contributed by atoms with Crippen molar-refractivity contribution >= 4 is 17.3 Å². The average Bonchev–Trinajstić information content (AvgIpc) is 2.38. The molecule has 2 aromatic rings. The summed E-state index contributed by atoms with van der Waals surface area (Å²) in [5, 5.41) is 2.69. The minimum Gasteiger partial charge on any atom is -0.497 e. The summed E-state index contributed by atoms with van der Waals surface area (Å²) < 4.78 is 5.04. The maximum absolute atomic E-state index is 10.5. The molecule has 7 heteroatoms. The Labute approximate surface area is 103 Å². The Morgan fingerprint density at radius 3 is 2.11 bits per heavy atom. The lowest BCUT2D eigenvalue weighted by atomic mass is 10.2. The van der Waals surface area contributed by atoms with Crippen LogP contribution in [0.3, 0.4) is 0 Å². The smallest absolute Gasteiger partial charge is 0.192 e. The molecular weight excluding hydrogens is 234 g/mol. The molecule has 1 heterocycles. The lowest BCUT2D eigenvalue weighted by Gasteiger charge is -2.05. The lowest BCUT2D eigenvalue weighted by molar-refractivity contribution is 0.415. The van der Waals surface area contributed by atoms with Crippen molar-refractivity contribution in [1.82, 2.24) is 9.97 Å². The van der Waals surface area contributed by atoms with Gasteiger partial charge in [-0.2, -0.15) is 0 Å². The van der Waals surface area contributed by atoms with Crippen molar-refractivity contribution in [1.29, 1.82) is 0 Å². The number of nitrogens with zero attached hydrogens (tertiary/aromatic N) is 3. The van der Waals surface area contributed by atoms with Crippen LogP contribution in [-0.2, 0) is 0 Å². The van der Waals surface area contributed by atoms with E-state index in [9.17, 15) is 4.91 Å². The fourth-order valence-corrected chi connectivity index (χ4v) is 1.45. The van der Waals surface area contributed by atoms with E-state index in [-0.39, 0.29) is 17.3 Å². The van der Waals surface area contributed by atoms with Gasteiger partial charge < -0.3 is 16.2 Å². The summed E-state index contributed by atoms with van der Waals surface area (Å²) in [6.07, 6.45) is 0. The number of anilines is 2. The largest absolute Gasteiger partial charge is 0.497 e. The maximum atomic E-state index is 10.5. The number of hydrogen-bond acceptors (Lipinski definition) is 7. The van der Waals surface area contributed by atoms with Gasteiger partial charge in [-0.1, -0.05) is 0 Å². The van der Waals surface area contributed by atoms with Crippen LogP contribution in [0.1, 0.15) is 0 Å². The average molecular weight is 245 g/mol. The molecule has 1 aromatic heterocycles. The number of nitroso groups, excluding NO2 is 1. The first kappa shape index (κ1) is 11.8. The molecule has 4 N–H and O–H groups in total. The molecule has 0 aliphatic carbocycles. The quantitative estimate of drug-likeness (QED) is 0.795. The number of nitrogen functional groups attached to an aromatic ring is 2.